The molecule has 0 aliphatic carbocycles. The first kappa shape index (κ1) is 12.7. The van der Waals surface area contributed by atoms with Crippen LogP contribution in [0, 0.1) is 13.8 Å². The molecule has 1 atom stereocenters. The summed E-state index contributed by atoms with van der Waals surface area (Å²) in [6.07, 6.45) is 0. The second-order valence-corrected chi connectivity index (χ2v) is 5.42. The third-order valence-corrected chi connectivity index (χ3v) is 3.82. The van der Waals surface area contributed by atoms with E-state index in [2.05, 4.69) is 72.8 Å². The molecule has 0 spiro atoms. The van der Waals surface area contributed by atoms with E-state index in [4.69, 9.17) is 5.73 Å². The number of rotatable bonds is 2. The Kier molecular flexibility index (Phi) is 2.97. The van der Waals surface area contributed by atoms with Crippen LogP contribution in [-0.2, 0) is 0 Å². The first-order valence-corrected chi connectivity index (χ1v) is 6.87. The van der Waals surface area contributed by atoms with Crippen LogP contribution in [-0.4, -0.2) is 9.55 Å². The lowest BCUT2D eigenvalue weighted by atomic mass is 10.1. The summed E-state index contributed by atoms with van der Waals surface area (Å²) < 4.78 is 2.10. The quantitative estimate of drug-likeness (QED) is 0.765. The van der Waals surface area contributed by atoms with Gasteiger partial charge in [0, 0.05) is 0 Å². The molecule has 0 amide bonds. The fraction of sp³-hybridized carbons (Fsp3) is 0.235. The molecular formula is C17H19N3. The maximum Gasteiger partial charge on any atom is 0.201 e. The average Bonchev–Trinajstić information content (AvgIpc) is 2.73. The molecule has 2 N–H and O–H groups in total. The highest BCUT2D eigenvalue weighted by molar-refractivity contribution is 5.79. The van der Waals surface area contributed by atoms with Gasteiger partial charge in [-0.1, -0.05) is 35.9 Å². The predicted molar refractivity (Wildman–Crippen MR) is 83.9 cm³/mol. The number of anilines is 1. The van der Waals surface area contributed by atoms with Crippen molar-refractivity contribution in [1.29, 1.82) is 0 Å². The zero-order valence-corrected chi connectivity index (χ0v) is 12.1. The van der Waals surface area contributed by atoms with E-state index in [9.17, 15) is 0 Å². The van der Waals surface area contributed by atoms with Crippen LogP contribution < -0.4 is 5.73 Å². The van der Waals surface area contributed by atoms with Gasteiger partial charge >= 0.3 is 0 Å². The van der Waals surface area contributed by atoms with Crippen LogP contribution in [0.2, 0.25) is 0 Å². The maximum absolute atomic E-state index is 6.12. The number of nitrogens with two attached hydrogens (primary N) is 1. The van der Waals surface area contributed by atoms with Crippen molar-refractivity contribution in [1.82, 2.24) is 9.55 Å². The largest absolute Gasteiger partial charge is 0.369 e. The topological polar surface area (TPSA) is 43.8 Å². The van der Waals surface area contributed by atoms with Crippen molar-refractivity contribution in [3.05, 3.63) is 59.2 Å². The summed E-state index contributed by atoms with van der Waals surface area (Å²) in [6, 6.07) is 15.0. The van der Waals surface area contributed by atoms with Crippen LogP contribution in [0.3, 0.4) is 0 Å². The lowest BCUT2D eigenvalue weighted by Crippen LogP contribution is -2.10. The first-order valence-electron chi connectivity index (χ1n) is 6.87. The highest BCUT2D eigenvalue weighted by Crippen LogP contribution is 2.27. The van der Waals surface area contributed by atoms with E-state index in [1.165, 1.54) is 16.7 Å². The van der Waals surface area contributed by atoms with Gasteiger partial charge < -0.3 is 10.3 Å². The summed E-state index contributed by atoms with van der Waals surface area (Å²) in [4.78, 5) is 4.48. The molecule has 3 nitrogen and oxygen atoms in total. The molecule has 3 heteroatoms. The molecule has 0 fully saturated rings. The maximum atomic E-state index is 6.12. The predicted octanol–water partition coefficient (Wildman–Crippen LogP) is 3.84. The second-order valence-electron chi connectivity index (χ2n) is 5.42. The van der Waals surface area contributed by atoms with E-state index in [1.807, 2.05) is 0 Å². The smallest absolute Gasteiger partial charge is 0.201 e. The summed E-state index contributed by atoms with van der Waals surface area (Å²) in [5.41, 5.74) is 11.9. The number of aryl methyl sites for hydroxylation is 2. The van der Waals surface area contributed by atoms with Crippen molar-refractivity contribution in [2.75, 3.05) is 5.73 Å². The Balaban J connectivity index is 2.13. The van der Waals surface area contributed by atoms with Crippen LogP contribution in [0.25, 0.3) is 11.0 Å². The van der Waals surface area contributed by atoms with Crippen molar-refractivity contribution in [2.24, 2.45) is 0 Å². The SMILES string of the molecule is Cc1ccc(C(C)n2c(N)nc3cc(C)ccc32)cc1. The summed E-state index contributed by atoms with van der Waals surface area (Å²) in [7, 11) is 0. The summed E-state index contributed by atoms with van der Waals surface area (Å²) in [5, 5.41) is 0. The van der Waals surface area contributed by atoms with Crippen molar-refractivity contribution in [3.63, 3.8) is 0 Å². The molecule has 2 aromatic carbocycles. The number of nitrogens with zero attached hydrogens (tertiary/aromatic N) is 2. The number of hydrogen-bond donors (Lipinski definition) is 1. The summed E-state index contributed by atoms with van der Waals surface area (Å²) >= 11 is 0. The van der Waals surface area contributed by atoms with Crippen molar-refractivity contribution in [2.45, 2.75) is 26.8 Å². The molecule has 0 bridgehead atoms. The van der Waals surface area contributed by atoms with E-state index >= 15 is 0 Å². The Morgan fingerprint density at radius 3 is 2.35 bits per heavy atom. The molecule has 0 saturated carbocycles. The second kappa shape index (κ2) is 4.67. The van der Waals surface area contributed by atoms with Gasteiger partial charge in [0.1, 0.15) is 0 Å². The average molecular weight is 265 g/mol. The Hall–Kier alpha value is -2.29. The molecule has 0 aliphatic heterocycles. The molecular weight excluding hydrogens is 246 g/mol. The number of benzene rings is 2. The normalized spacial score (nSPS) is 12.8. The third kappa shape index (κ3) is 2.05. The van der Waals surface area contributed by atoms with Gasteiger partial charge in [-0.15, -0.1) is 0 Å². The molecule has 1 heterocycles. The van der Waals surface area contributed by atoms with Gasteiger partial charge in [-0.2, -0.15) is 0 Å². The van der Waals surface area contributed by atoms with Crippen molar-refractivity contribution in [3.8, 4) is 0 Å². The molecule has 20 heavy (non-hydrogen) atoms. The van der Waals surface area contributed by atoms with Crippen LogP contribution in [0.1, 0.15) is 29.7 Å². The number of nitrogen functional groups attached to an aromatic ring is 1. The van der Waals surface area contributed by atoms with E-state index in [1.54, 1.807) is 0 Å². The lowest BCUT2D eigenvalue weighted by Gasteiger charge is -2.16. The standard InChI is InChI=1S/C17H19N3/c1-11-4-7-14(8-5-11)13(3)20-16-9-6-12(2)10-15(16)19-17(20)18/h4-10,13H,1-3H3,(H2,18,19). The van der Waals surface area contributed by atoms with Crippen LogP contribution >= 0.6 is 0 Å². The van der Waals surface area contributed by atoms with Gasteiger partial charge in [-0.05, 0) is 44.0 Å². The van der Waals surface area contributed by atoms with E-state index in [0.29, 0.717) is 5.95 Å². The number of hydrogen-bond acceptors (Lipinski definition) is 2. The van der Waals surface area contributed by atoms with Crippen molar-refractivity contribution >= 4 is 17.0 Å². The van der Waals surface area contributed by atoms with Crippen LogP contribution in [0.5, 0.6) is 0 Å². The Bertz CT molecular complexity index is 754. The molecule has 0 radical (unpaired) electrons. The molecule has 1 aromatic heterocycles. The minimum Gasteiger partial charge on any atom is -0.369 e. The highest BCUT2D eigenvalue weighted by Gasteiger charge is 2.15. The van der Waals surface area contributed by atoms with E-state index < -0.39 is 0 Å². The van der Waals surface area contributed by atoms with Gasteiger partial charge in [0.2, 0.25) is 5.95 Å². The number of aromatic nitrogens is 2. The van der Waals surface area contributed by atoms with Crippen LogP contribution in [0.15, 0.2) is 42.5 Å². The number of imidazole rings is 1. The van der Waals surface area contributed by atoms with E-state index in [0.717, 1.165) is 11.0 Å². The zero-order valence-electron chi connectivity index (χ0n) is 12.1. The molecule has 1 unspecified atom stereocenters. The highest BCUT2D eigenvalue weighted by atomic mass is 15.2. The molecule has 3 rings (SSSR count). The Morgan fingerprint density at radius 1 is 1.00 bits per heavy atom. The molecule has 3 aromatic rings. The Morgan fingerprint density at radius 2 is 1.65 bits per heavy atom. The summed E-state index contributed by atoms with van der Waals surface area (Å²) in [5.74, 6) is 0.568. The van der Waals surface area contributed by atoms with Crippen molar-refractivity contribution < 1.29 is 0 Å². The van der Waals surface area contributed by atoms with Gasteiger partial charge in [0.25, 0.3) is 0 Å². The molecule has 102 valence electrons. The van der Waals surface area contributed by atoms with E-state index in [-0.39, 0.29) is 6.04 Å². The third-order valence-electron chi connectivity index (χ3n) is 3.82. The minimum absolute atomic E-state index is 0.170. The first-order chi connectivity index (χ1) is 9.56. The molecule has 0 saturated heterocycles. The fourth-order valence-corrected chi connectivity index (χ4v) is 2.63. The minimum atomic E-state index is 0.170. The number of fused-ring (bicyclic) bond motifs is 1. The lowest BCUT2D eigenvalue weighted by molar-refractivity contribution is 0.667. The van der Waals surface area contributed by atoms with Gasteiger partial charge in [-0.3, -0.25) is 0 Å². The zero-order chi connectivity index (χ0) is 14.3. The van der Waals surface area contributed by atoms with Gasteiger partial charge in [0.05, 0.1) is 17.1 Å². The van der Waals surface area contributed by atoms with Gasteiger partial charge in [-0.25, -0.2) is 4.98 Å². The molecule has 0 aliphatic rings. The Labute approximate surface area is 119 Å². The monoisotopic (exact) mass is 265 g/mol. The van der Waals surface area contributed by atoms with Crippen LogP contribution in [0.4, 0.5) is 5.95 Å². The fourth-order valence-electron chi connectivity index (χ4n) is 2.63. The summed E-state index contributed by atoms with van der Waals surface area (Å²) in [6.45, 7) is 6.32. The van der Waals surface area contributed by atoms with Gasteiger partial charge in [0.15, 0.2) is 0 Å².